The Balaban J connectivity index is 1.10. The Morgan fingerprint density at radius 1 is 1.04 bits per heavy atom. The summed E-state index contributed by atoms with van der Waals surface area (Å²) < 4.78 is 20.7. The maximum Gasteiger partial charge on any atom is 0.410 e. The lowest BCUT2D eigenvalue weighted by Crippen LogP contribution is -2.52. The molecule has 2 fully saturated rings. The van der Waals surface area contributed by atoms with Gasteiger partial charge in [0.2, 0.25) is 5.88 Å². The minimum absolute atomic E-state index is 0.0537. The minimum atomic E-state index is -0.603. The number of para-hydroxylation sites is 2. The topological polar surface area (TPSA) is 130 Å². The van der Waals surface area contributed by atoms with Crippen LogP contribution in [-0.2, 0) is 16.0 Å². The predicted octanol–water partition coefficient (Wildman–Crippen LogP) is 5.55. The van der Waals surface area contributed by atoms with Crippen LogP contribution in [0.3, 0.4) is 0 Å². The molecule has 0 spiro atoms. The highest BCUT2D eigenvalue weighted by molar-refractivity contribution is 6.30. The number of rotatable bonds is 8. The Hall–Kier alpha value is -4.42. The van der Waals surface area contributed by atoms with Crippen LogP contribution in [-0.4, -0.2) is 80.1 Å². The Kier molecular flexibility index (Phi) is 10.3. The molecule has 12 nitrogen and oxygen atoms in total. The lowest BCUT2D eigenvalue weighted by atomic mass is 9.85. The van der Waals surface area contributed by atoms with Crippen molar-refractivity contribution in [3.05, 3.63) is 81.6 Å². The molecule has 1 unspecified atom stereocenters. The van der Waals surface area contributed by atoms with Crippen molar-refractivity contribution in [1.29, 1.82) is 0 Å². The molecular formula is C36H43ClN6O6. The third kappa shape index (κ3) is 8.08. The van der Waals surface area contributed by atoms with Crippen molar-refractivity contribution >= 4 is 34.6 Å². The number of aromatic nitrogens is 4. The molecule has 1 atom stereocenters. The summed E-state index contributed by atoms with van der Waals surface area (Å²) >= 11 is 6.07. The summed E-state index contributed by atoms with van der Waals surface area (Å²) in [5.41, 5.74) is 2.67. The van der Waals surface area contributed by atoms with E-state index in [0.717, 1.165) is 36.7 Å². The Labute approximate surface area is 290 Å². The van der Waals surface area contributed by atoms with Gasteiger partial charge in [-0.05, 0) is 83.6 Å². The number of hydrogen-bond acceptors (Lipinski definition) is 8. The molecule has 1 aliphatic carbocycles. The molecule has 0 bridgehead atoms. The largest absolute Gasteiger partial charge is 0.475 e. The van der Waals surface area contributed by atoms with Crippen LogP contribution in [0, 0.1) is 12.8 Å². The molecule has 1 saturated heterocycles. The summed E-state index contributed by atoms with van der Waals surface area (Å²) in [6.07, 6.45) is 6.18. The molecular weight excluding hydrogens is 648 g/mol. The fourth-order valence-corrected chi connectivity index (χ4v) is 6.67. The smallest absolute Gasteiger partial charge is 0.410 e. The van der Waals surface area contributed by atoms with Crippen molar-refractivity contribution in [3.63, 3.8) is 0 Å². The second kappa shape index (κ2) is 14.6. The number of morpholine rings is 1. The number of fused-ring (bicyclic) bond motifs is 1. The zero-order chi connectivity index (χ0) is 34.7. The van der Waals surface area contributed by atoms with Gasteiger partial charge in [-0.3, -0.25) is 23.8 Å². The summed E-state index contributed by atoms with van der Waals surface area (Å²) in [4.78, 5) is 49.9. The standard InChI is InChI=1S/C36H43ClN6O6/c1-23-29(17-25(37)18-38-23)33(44)40-26-11-9-24(10-12-26)20-42-30-7-5-6-8-31(30)43(34(42)45)27-13-14-32(39-19-27)48-22-28-21-47-16-15-41(28)35(46)49-36(2,3)4/h5-8,13-14,17-19,24,26,28H,9-12,15-16,20-22H2,1-4H3,(H,40,44). The molecule has 260 valence electrons. The predicted molar refractivity (Wildman–Crippen MR) is 186 cm³/mol. The van der Waals surface area contributed by atoms with Crippen molar-refractivity contribution < 1.29 is 23.8 Å². The van der Waals surface area contributed by atoms with Crippen molar-refractivity contribution in [2.45, 2.75) is 77.6 Å². The van der Waals surface area contributed by atoms with Crippen molar-refractivity contribution in [3.8, 4) is 11.6 Å². The number of carbonyl (C=O) groups excluding carboxylic acids is 2. The quantitative estimate of drug-likeness (QED) is 0.255. The summed E-state index contributed by atoms with van der Waals surface area (Å²) in [5.74, 6) is 0.504. The van der Waals surface area contributed by atoms with E-state index in [2.05, 4.69) is 15.3 Å². The van der Waals surface area contributed by atoms with E-state index in [1.54, 1.807) is 34.7 Å². The average molecular weight is 691 g/mol. The van der Waals surface area contributed by atoms with Gasteiger partial charge in [-0.25, -0.2) is 14.6 Å². The van der Waals surface area contributed by atoms with E-state index in [9.17, 15) is 14.4 Å². The Morgan fingerprint density at radius 3 is 2.51 bits per heavy atom. The Morgan fingerprint density at radius 2 is 1.80 bits per heavy atom. The van der Waals surface area contributed by atoms with Crippen LogP contribution in [0.25, 0.3) is 16.7 Å². The molecule has 2 amide bonds. The summed E-state index contributed by atoms with van der Waals surface area (Å²) in [6, 6.07) is 12.7. The van der Waals surface area contributed by atoms with E-state index in [1.807, 2.05) is 55.7 Å². The lowest BCUT2D eigenvalue weighted by molar-refractivity contribution is -0.0421. The van der Waals surface area contributed by atoms with Gasteiger partial charge in [0.05, 0.1) is 58.5 Å². The molecule has 1 aromatic carbocycles. The Bertz CT molecular complexity index is 1860. The van der Waals surface area contributed by atoms with Crippen molar-refractivity contribution in [2.75, 3.05) is 26.4 Å². The van der Waals surface area contributed by atoms with E-state index < -0.39 is 11.7 Å². The molecule has 2 aliphatic rings. The molecule has 1 N–H and O–H groups in total. The molecule has 0 radical (unpaired) electrons. The van der Waals surface area contributed by atoms with Crippen LogP contribution in [0.15, 0.2) is 59.7 Å². The highest BCUT2D eigenvalue weighted by Gasteiger charge is 2.32. The number of nitrogens with one attached hydrogen (secondary N) is 1. The first-order valence-electron chi connectivity index (χ1n) is 16.8. The van der Waals surface area contributed by atoms with E-state index >= 15 is 0 Å². The number of nitrogens with zero attached hydrogens (tertiary/aromatic N) is 5. The van der Waals surface area contributed by atoms with Gasteiger partial charge in [0.15, 0.2) is 0 Å². The number of benzene rings is 1. The van der Waals surface area contributed by atoms with E-state index in [-0.39, 0.29) is 36.2 Å². The monoisotopic (exact) mass is 690 g/mol. The lowest BCUT2D eigenvalue weighted by Gasteiger charge is -2.36. The third-order valence-electron chi connectivity index (χ3n) is 9.01. The van der Waals surface area contributed by atoms with Crippen LogP contribution in [0.2, 0.25) is 5.02 Å². The number of aryl methyl sites for hydroxylation is 1. The van der Waals surface area contributed by atoms with Crippen LogP contribution in [0.1, 0.15) is 62.5 Å². The van der Waals surface area contributed by atoms with Crippen molar-refractivity contribution in [1.82, 2.24) is 29.3 Å². The first-order chi connectivity index (χ1) is 23.5. The van der Waals surface area contributed by atoms with Gasteiger partial charge >= 0.3 is 11.8 Å². The molecule has 1 saturated carbocycles. The van der Waals surface area contributed by atoms with Gasteiger partial charge in [0.1, 0.15) is 12.2 Å². The third-order valence-corrected chi connectivity index (χ3v) is 9.22. The maximum absolute atomic E-state index is 13.9. The zero-order valence-electron chi connectivity index (χ0n) is 28.4. The van der Waals surface area contributed by atoms with E-state index in [4.69, 9.17) is 25.8 Å². The molecule has 49 heavy (non-hydrogen) atoms. The number of carbonyl (C=O) groups is 2. The molecule has 4 aromatic rings. The van der Waals surface area contributed by atoms with E-state index in [1.165, 1.54) is 6.20 Å². The number of pyridine rings is 2. The fourth-order valence-electron chi connectivity index (χ4n) is 6.51. The number of halogens is 1. The van der Waals surface area contributed by atoms with Crippen molar-refractivity contribution in [2.24, 2.45) is 5.92 Å². The number of amides is 2. The maximum atomic E-state index is 13.9. The SMILES string of the molecule is Cc1ncc(Cl)cc1C(=O)NC1CCC(Cn2c(=O)n(-c3ccc(OCC4COCCN4C(=O)OC(C)(C)C)nc3)c3ccccc32)CC1. The molecule has 3 aromatic heterocycles. The highest BCUT2D eigenvalue weighted by atomic mass is 35.5. The average Bonchev–Trinajstić information content (AvgIpc) is 3.35. The molecule has 6 rings (SSSR count). The normalized spacial score (nSPS) is 19.9. The van der Waals surface area contributed by atoms with Gasteiger partial charge in [-0.15, -0.1) is 0 Å². The van der Waals surface area contributed by atoms with Gasteiger partial charge in [0, 0.05) is 31.4 Å². The number of ether oxygens (including phenoxy) is 3. The van der Waals surface area contributed by atoms with Gasteiger partial charge < -0.3 is 19.5 Å². The summed E-state index contributed by atoms with van der Waals surface area (Å²) in [7, 11) is 0. The molecule has 4 heterocycles. The van der Waals surface area contributed by atoms with Crippen LogP contribution in [0.4, 0.5) is 4.79 Å². The summed E-state index contributed by atoms with van der Waals surface area (Å²) in [5, 5.41) is 3.58. The van der Waals surface area contributed by atoms with Gasteiger partial charge in [-0.2, -0.15) is 0 Å². The minimum Gasteiger partial charge on any atom is -0.475 e. The fraction of sp³-hybridized carbons (Fsp3) is 0.472. The van der Waals surface area contributed by atoms with Gasteiger partial charge in [-0.1, -0.05) is 23.7 Å². The molecule has 13 heteroatoms. The first kappa shape index (κ1) is 34.4. The zero-order valence-corrected chi connectivity index (χ0v) is 29.1. The van der Waals surface area contributed by atoms with Crippen LogP contribution < -0.4 is 15.7 Å². The highest BCUT2D eigenvalue weighted by Crippen LogP contribution is 2.28. The van der Waals surface area contributed by atoms with Crippen LogP contribution >= 0.6 is 11.6 Å². The van der Waals surface area contributed by atoms with Gasteiger partial charge in [0.25, 0.3) is 5.91 Å². The second-order valence-electron chi connectivity index (χ2n) is 13.8. The number of imidazole rings is 1. The van der Waals surface area contributed by atoms with Crippen LogP contribution in [0.5, 0.6) is 5.88 Å². The number of hydrogen-bond donors (Lipinski definition) is 1. The second-order valence-corrected chi connectivity index (χ2v) is 14.2. The summed E-state index contributed by atoms with van der Waals surface area (Å²) in [6.45, 7) is 9.27. The first-order valence-corrected chi connectivity index (χ1v) is 17.1. The molecule has 1 aliphatic heterocycles. The van der Waals surface area contributed by atoms with E-state index in [0.29, 0.717) is 54.2 Å².